The average molecular weight is 421 g/mol. The van der Waals surface area contributed by atoms with Gasteiger partial charge in [0.25, 0.3) is 0 Å². The summed E-state index contributed by atoms with van der Waals surface area (Å²) in [7, 11) is 0. The number of benzene rings is 3. The molecule has 3 aromatic carbocycles. The van der Waals surface area contributed by atoms with Crippen molar-refractivity contribution in [3.8, 4) is 0 Å². The van der Waals surface area contributed by atoms with Gasteiger partial charge >= 0.3 is 0 Å². The molecule has 0 radical (unpaired) electrons. The Morgan fingerprint density at radius 2 is 1.60 bits per heavy atom. The zero-order chi connectivity index (χ0) is 20.8. The number of piperidine rings is 1. The third-order valence-corrected chi connectivity index (χ3v) is 6.48. The number of hydrogen-bond acceptors (Lipinski definition) is 3. The van der Waals surface area contributed by atoms with Gasteiger partial charge in [-0.2, -0.15) is 0 Å². The van der Waals surface area contributed by atoms with Crippen LogP contribution in [0.4, 0.5) is 10.1 Å². The van der Waals surface area contributed by atoms with Gasteiger partial charge in [0.2, 0.25) is 5.91 Å². The van der Waals surface area contributed by atoms with Crippen LogP contribution in [0.5, 0.6) is 0 Å². The molecule has 0 saturated carbocycles. The van der Waals surface area contributed by atoms with E-state index in [1.54, 1.807) is 11.8 Å². The molecule has 1 heterocycles. The van der Waals surface area contributed by atoms with Gasteiger partial charge in [-0.05, 0) is 67.9 Å². The van der Waals surface area contributed by atoms with E-state index in [1.807, 2.05) is 54.6 Å². The van der Waals surface area contributed by atoms with Gasteiger partial charge in [0.15, 0.2) is 0 Å². The molecule has 30 heavy (non-hydrogen) atoms. The molecule has 1 amide bonds. The van der Waals surface area contributed by atoms with Gasteiger partial charge in [0.05, 0.1) is 5.69 Å². The fraction of sp³-hybridized carbons (Fsp3) is 0.240. The molecule has 5 heteroatoms. The number of carbonyl (C=O) groups excluding carboxylic acids is 1. The molecule has 0 spiro atoms. The summed E-state index contributed by atoms with van der Waals surface area (Å²) in [6.07, 6.45) is 1.67. The van der Waals surface area contributed by atoms with Crippen molar-refractivity contribution < 1.29 is 9.18 Å². The van der Waals surface area contributed by atoms with Gasteiger partial charge in [-0.1, -0.05) is 54.2 Å². The topological polar surface area (TPSA) is 32.3 Å². The highest BCUT2D eigenvalue weighted by molar-refractivity contribution is 7.99. The molecule has 154 valence electrons. The molecule has 3 nitrogen and oxygen atoms in total. The van der Waals surface area contributed by atoms with Crippen LogP contribution in [0.15, 0.2) is 88.7 Å². The molecule has 3 aromatic rings. The van der Waals surface area contributed by atoms with Crippen molar-refractivity contribution in [1.29, 1.82) is 0 Å². The molecule has 1 aliphatic heterocycles. The number of amides is 1. The normalized spacial score (nSPS) is 15.1. The Morgan fingerprint density at radius 3 is 2.33 bits per heavy atom. The van der Waals surface area contributed by atoms with Crippen molar-refractivity contribution >= 4 is 23.4 Å². The summed E-state index contributed by atoms with van der Waals surface area (Å²) in [6.45, 7) is 2.54. The molecule has 1 saturated heterocycles. The SMILES string of the molecule is O=C(Nc1ccccc1Sc1ccccc1)C1CCN(Cc2ccc(F)cc2)CC1. The zero-order valence-electron chi connectivity index (χ0n) is 16.8. The maximum absolute atomic E-state index is 13.1. The van der Waals surface area contributed by atoms with Crippen LogP contribution in [0.25, 0.3) is 0 Å². The average Bonchev–Trinajstić information content (AvgIpc) is 2.78. The maximum atomic E-state index is 13.1. The fourth-order valence-corrected chi connectivity index (χ4v) is 4.63. The first-order valence-corrected chi connectivity index (χ1v) is 11.1. The van der Waals surface area contributed by atoms with E-state index in [2.05, 4.69) is 22.3 Å². The molecule has 0 atom stereocenters. The first-order chi connectivity index (χ1) is 14.7. The third kappa shape index (κ3) is 5.49. The molecule has 0 aliphatic carbocycles. The molecule has 0 aromatic heterocycles. The monoisotopic (exact) mass is 420 g/mol. The highest BCUT2D eigenvalue weighted by Crippen LogP contribution is 2.33. The fourth-order valence-electron chi connectivity index (χ4n) is 3.71. The quantitative estimate of drug-likeness (QED) is 0.545. The number of likely N-dealkylation sites (tertiary alicyclic amines) is 1. The summed E-state index contributed by atoms with van der Waals surface area (Å²) in [6, 6.07) is 24.8. The number of rotatable bonds is 6. The Hall–Kier alpha value is -2.63. The summed E-state index contributed by atoms with van der Waals surface area (Å²) in [4.78, 5) is 17.4. The summed E-state index contributed by atoms with van der Waals surface area (Å²) in [5.74, 6) is -0.0957. The zero-order valence-corrected chi connectivity index (χ0v) is 17.6. The van der Waals surface area contributed by atoms with E-state index in [9.17, 15) is 9.18 Å². The van der Waals surface area contributed by atoms with Crippen molar-refractivity contribution in [2.75, 3.05) is 18.4 Å². The molecule has 0 bridgehead atoms. The van der Waals surface area contributed by atoms with Crippen LogP contribution in [0.2, 0.25) is 0 Å². The first-order valence-electron chi connectivity index (χ1n) is 10.3. The number of nitrogens with one attached hydrogen (secondary N) is 1. The number of hydrogen-bond donors (Lipinski definition) is 1. The Balaban J connectivity index is 1.32. The van der Waals surface area contributed by atoms with Crippen molar-refractivity contribution in [2.45, 2.75) is 29.2 Å². The Kier molecular flexibility index (Phi) is 6.82. The standard InChI is InChI=1S/C25H25FN2OS/c26-21-12-10-19(11-13-21)18-28-16-14-20(15-17-28)25(29)27-23-8-4-5-9-24(23)30-22-6-2-1-3-7-22/h1-13,20H,14-18H2,(H,27,29). The molecule has 1 aliphatic rings. The predicted octanol–water partition coefficient (Wildman–Crippen LogP) is 5.83. The van der Waals surface area contributed by atoms with Gasteiger partial charge in [-0.3, -0.25) is 9.69 Å². The molecule has 4 rings (SSSR count). The maximum Gasteiger partial charge on any atom is 0.227 e. The van der Waals surface area contributed by atoms with E-state index in [1.165, 1.54) is 12.1 Å². The van der Waals surface area contributed by atoms with Gasteiger partial charge in [0, 0.05) is 22.3 Å². The third-order valence-electron chi connectivity index (χ3n) is 5.39. The number of halogens is 1. The van der Waals surface area contributed by atoms with Crippen LogP contribution in [-0.2, 0) is 11.3 Å². The second-order valence-electron chi connectivity index (χ2n) is 7.58. The molecule has 1 N–H and O–H groups in total. The van der Waals surface area contributed by atoms with E-state index < -0.39 is 0 Å². The van der Waals surface area contributed by atoms with E-state index in [-0.39, 0.29) is 17.6 Å². The van der Waals surface area contributed by atoms with Crippen LogP contribution in [0.3, 0.4) is 0 Å². The van der Waals surface area contributed by atoms with Crippen molar-refractivity contribution in [2.24, 2.45) is 5.92 Å². The summed E-state index contributed by atoms with van der Waals surface area (Å²) < 4.78 is 13.1. The summed E-state index contributed by atoms with van der Waals surface area (Å²) in [5.41, 5.74) is 1.97. The van der Waals surface area contributed by atoms with E-state index in [0.29, 0.717) is 0 Å². The van der Waals surface area contributed by atoms with Crippen LogP contribution >= 0.6 is 11.8 Å². The number of carbonyl (C=O) groups is 1. The Bertz CT molecular complexity index is 970. The summed E-state index contributed by atoms with van der Waals surface area (Å²) in [5, 5.41) is 3.15. The number of nitrogens with zero attached hydrogens (tertiary/aromatic N) is 1. The van der Waals surface area contributed by atoms with E-state index in [0.717, 1.165) is 53.5 Å². The van der Waals surface area contributed by atoms with Crippen molar-refractivity contribution in [3.63, 3.8) is 0 Å². The largest absolute Gasteiger partial charge is 0.325 e. The van der Waals surface area contributed by atoms with Gasteiger partial charge in [-0.25, -0.2) is 4.39 Å². The molecular formula is C25H25FN2OS. The van der Waals surface area contributed by atoms with Crippen LogP contribution in [0.1, 0.15) is 18.4 Å². The second kappa shape index (κ2) is 9.92. The second-order valence-corrected chi connectivity index (χ2v) is 8.69. The minimum atomic E-state index is -0.208. The number of anilines is 1. The van der Waals surface area contributed by atoms with Crippen LogP contribution < -0.4 is 5.32 Å². The smallest absolute Gasteiger partial charge is 0.227 e. The lowest BCUT2D eigenvalue weighted by molar-refractivity contribution is -0.121. The summed E-state index contributed by atoms with van der Waals surface area (Å²) >= 11 is 1.66. The minimum Gasteiger partial charge on any atom is -0.325 e. The Morgan fingerprint density at radius 1 is 0.933 bits per heavy atom. The number of para-hydroxylation sites is 1. The molecule has 0 unspecified atom stereocenters. The highest BCUT2D eigenvalue weighted by atomic mass is 32.2. The first kappa shape index (κ1) is 20.6. The lowest BCUT2D eigenvalue weighted by Gasteiger charge is -2.31. The molecule has 1 fully saturated rings. The van der Waals surface area contributed by atoms with E-state index in [4.69, 9.17) is 0 Å². The van der Waals surface area contributed by atoms with Gasteiger partial charge in [-0.15, -0.1) is 0 Å². The van der Waals surface area contributed by atoms with Crippen LogP contribution in [-0.4, -0.2) is 23.9 Å². The minimum absolute atomic E-state index is 0.0178. The van der Waals surface area contributed by atoms with Crippen LogP contribution in [0, 0.1) is 11.7 Å². The van der Waals surface area contributed by atoms with E-state index >= 15 is 0 Å². The highest BCUT2D eigenvalue weighted by Gasteiger charge is 2.25. The van der Waals surface area contributed by atoms with Crippen molar-refractivity contribution in [1.82, 2.24) is 4.90 Å². The lowest BCUT2D eigenvalue weighted by Crippen LogP contribution is -2.37. The Labute approximate surface area is 181 Å². The van der Waals surface area contributed by atoms with Gasteiger partial charge < -0.3 is 5.32 Å². The lowest BCUT2D eigenvalue weighted by atomic mass is 9.95. The van der Waals surface area contributed by atoms with Gasteiger partial charge in [0.1, 0.15) is 5.82 Å². The van der Waals surface area contributed by atoms with Crippen molar-refractivity contribution in [3.05, 3.63) is 90.2 Å². The predicted molar refractivity (Wildman–Crippen MR) is 120 cm³/mol. The molecular weight excluding hydrogens is 395 g/mol.